The van der Waals surface area contributed by atoms with Crippen LogP contribution in [0.4, 0.5) is 14.5 Å². The Bertz CT molecular complexity index is 1290. The fourth-order valence-corrected chi connectivity index (χ4v) is 4.52. The van der Waals surface area contributed by atoms with E-state index in [1.807, 2.05) is 46.1 Å². The average Bonchev–Trinajstić information content (AvgIpc) is 2.91. The molecule has 0 saturated carbocycles. The summed E-state index contributed by atoms with van der Waals surface area (Å²) in [6.07, 6.45) is 0. The van der Waals surface area contributed by atoms with Crippen molar-refractivity contribution < 1.29 is 23.1 Å². The van der Waals surface area contributed by atoms with E-state index in [0.717, 1.165) is 29.8 Å². The minimum atomic E-state index is -0.858. The predicted octanol–water partition coefficient (Wildman–Crippen LogP) is 5.61. The molecule has 1 heterocycles. The second-order valence-electron chi connectivity index (χ2n) is 9.54. The molecule has 2 amide bonds. The quantitative estimate of drug-likeness (QED) is 0.465. The number of amides is 2. The van der Waals surface area contributed by atoms with Gasteiger partial charge in [-0.05, 0) is 61.5 Å². The first-order valence-corrected chi connectivity index (χ1v) is 11.7. The summed E-state index contributed by atoms with van der Waals surface area (Å²) < 4.78 is 33.0. The van der Waals surface area contributed by atoms with Crippen molar-refractivity contribution in [3.05, 3.63) is 89.0 Å². The Labute approximate surface area is 209 Å². The van der Waals surface area contributed by atoms with Crippen LogP contribution in [0.5, 0.6) is 11.5 Å². The largest absolute Gasteiger partial charge is 0.454 e. The number of carbonyl (C=O) groups excluding carboxylic acids is 2. The normalized spacial score (nSPS) is 14.5. The van der Waals surface area contributed by atoms with E-state index >= 15 is 0 Å². The van der Waals surface area contributed by atoms with Crippen LogP contribution in [0, 0.1) is 17.6 Å². The number of rotatable bonds is 7. The maximum atomic E-state index is 14.1. The van der Waals surface area contributed by atoms with Crippen molar-refractivity contribution in [2.24, 2.45) is 5.92 Å². The van der Waals surface area contributed by atoms with Gasteiger partial charge in [0.05, 0.1) is 17.3 Å². The van der Waals surface area contributed by atoms with Crippen molar-refractivity contribution in [2.45, 2.75) is 26.4 Å². The summed E-state index contributed by atoms with van der Waals surface area (Å²) in [7, 11) is 3.98. The van der Waals surface area contributed by atoms with E-state index in [9.17, 15) is 18.4 Å². The summed E-state index contributed by atoms with van der Waals surface area (Å²) in [4.78, 5) is 30.3. The van der Waals surface area contributed by atoms with Crippen molar-refractivity contribution in [3.8, 4) is 11.5 Å². The van der Waals surface area contributed by atoms with Gasteiger partial charge in [-0.3, -0.25) is 9.59 Å². The van der Waals surface area contributed by atoms with Crippen molar-refractivity contribution in [1.82, 2.24) is 9.80 Å². The molecule has 0 spiro atoms. The van der Waals surface area contributed by atoms with E-state index in [4.69, 9.17) is 4.74 Å². The maximum absolute atomic E-state index is 14.1. The molecule has 1 N–H and O–H groups in total. The molecule has 0 radical (unpaired) electrons. The molecule has 0 aromatic heterocycles. The fourth-order valence-electron chi connectivity index (χ4n) is 4.52. The summed E-state index contributed by atoms with van der Waals surface area (Å²) in [5.74, 6) is -2.19. The van der Waals surface area contributed by atoms with E-state index in [-0.39, 0.29) is 47.4 Å². The van der Waals surface area contributed by atoms with E-state index < -0.39 is 11.6 Å². The van der Waals surface area contributed by atoms with Crippen LogP contribution < -0.4 is 10.1 Å². The number of hydrogen-bond donors (Lipinski definition) is 1. The number of hydrogen-bond acceptors (Lipinski definition) is 4. The summed E-state index contributed by atoms with van der Waals surface area (Å²) >= 11 is 0. The molecule has 36 heavy (non-hydrogen) atoms. The van der Waals surface area contributed by atoms with Crippen LogP contribution in [0.15, 0.2) is 60.7 Å². The van der Waals surface area contributed by atoms with Gasteiger partial charge in [0.1, 0.15) is 18.1 Å². The lowest BCUT2D eigenvalue weighted by Gasteiger charge is -2.34. The third-order valence-corrected chi connectivity index (χ3v) is 5.95. The van der Waals surface area contributed by atoms with Gasteiger partial charge < -0.3 is 19.9 Å². The molecule has 1 aliphatic rings. The highest BCUT2D eigenvalue weighted by Gasteiger charge is 2.34. The molecule has 6 nitrogen and oxygen atoms in total. The van der Waals surface area contributed by atoms with Crippen molar-refractivity contribution in [3.63, 3.8) is 0 Å². The SMILES string of the molecule is CC(C)C(c1cccc(CN(C)C)c1)N1CC(=O)Nc2ccc(Oc3ccc(F)cc3F)cc2C1=O. The van der Waals surface area contributed by atoms with Gasteiger partial charge >= 0.3 is 0 Å². The highest BCUT2D eigenvalue weighted by Crippen LogP contribution is 2.35. The zero-order valence-corrected chi connectivity index (χ0v) is 20.7. The van der Waals surface area contributed by atoms with Gasteiger partial charge in [-0.15, -0.1) is 0 Å². The van der Waals surface area contributed by atoms with Gasteiger partial charge in [-0.2, -0.15) is 0 Å². The number of ether oxygens (including phenoxy) is 1. The van der Waals surface area contributed by atoms with Crippen LogP contribution in [0.25, 0.3) is 0 Å². The van der Waals surface area contributed by atoms with Crippen LogP contribution in [0.3, 0.4) is 0 Å². The highest BCUT2D eigenvalue weighted by atomic mass is 19.1. The number of nitrogens with zero attached hydrogens (tertiary/aromatic N) is 2. The molecule has 0 saturated heterocycles. The summed E-state index contributed by atoms with van der Waals surface area (Å²) in [5, 5.41) is 2.79. The number of halogens is 2. The van der Waals surface area contributed by atoms with E-state index in [0.29, 0.717) is 5.69 Å². The molecule has 8 heteroatoms. The zero-order chi connectivity index (χ0) is 26.0. The van der Waals surface area contributed by atoms with Gasteiger partial charge in [0, 0.05) is 12.6 Å². The summed E-state index contributed by atoms with van der Waals surface area (Å²) in [6, 6.07) is 15.2. The van der Waals surface area contributed by atoms with Crippen LogP contribution in [-0.4, -0.2) is 42.3 Å². The molecule has 0 aliphatic carbocycles. The van der Waals surface area contributed by atoms with Crippen LogP contribution in [0.1, 0.15) is 41.4 Å². The topological polar surface area (TPSA) is 61.9 Å². The number of anilines is 1. The highest BCUT2D eigenvalue weighted by molar-refractivity contribution is 6.09. The Hall–Kier alpha value is -3.78. The van der Waals surface area contributed by atoms with Gasteiger partial charge in [0.2, 0.25) is 5.91 Å². The molecule has 1 atom stereocenters. The Kier molecular flexibility index (Phi) is 7.35. The number of fused-ring (bicyclic) bond motifs is 1. The Morgan fingerprint density at radius 3 is 2.50 bits per heavy atom. The van der Waals surface area contributed by atoms with E-state index in [1.54, 1.807) is 11.0 Å². The predicted molar refractivity (Wildman–Crippen MR) is 134 cm³/mol. The lowest BCUT2D eigenvalue weighted by atomic mass is 9.92. The van der Waals surface area contributed by atoms with E-state index in [2.05, 4.69) is 16.3 Å². The van der Waals surface area contributed by atoms with Crippen molar-refractivity contribution in [1.29, 1.82) is 0 Å². The third-order valence-electron chi connectivity index (χ3n) is 5.95. The summed E-state index contributed by atoms with van der Waals surface area (Å²) in [5.41, 5.74) is 2.63. The molecule has 4 rings (SSSR count). The van der Waals surface area contributed by atoms with Crippen LogP contribution in [-0.2, 0) is 11.3 Å². The molecule has 188 valence electrons. The van der Waals surface area contributed by atoms with Crippen LogP contribution in [0.2, 0.25) is 0 Å². The molecular weight excluding hydrogens is 464 g/mol. The molecule has 1 aliphatic heterocycles. The standard InChI is InChI=1S/C28H29F2N3O3/c1-17(2)27(19-7-5-6-18(12-19)15-32(3)4)33-16-26(34)31-24-10-9-21(14-22(24)28(33)35)36-25-11-8-20(29)13-23(25)30/h5-14,17,27H,15-16H2,1-4H3,(H,31,34). The van der Waals surface area contributed by atoms with E-state index in [1.165, 1.54) is 18.2 Å². The first kappa shape index (κ1) is 25.3. The maximum Gasteiger partial charge on any atom is 0.257 e. The fraction of sp³-hybridized carbons (Fsp3) is 0.286. The lowest BCUT2D eigenvalue weighted by molar-refractivity contribution is -0.117. The molecule has 3 aromatic carbocycles. The van der Waals surface area contributed by atoms with Gasteiger partial charge in [-0.1, -0.05) is 38.1 Å². The second kappa shape index (κ2) is 10.5. The second-order valence-corrected chi connectivity index (χ2v) is 9.54. The Morgan fingerprint density at radius 2 is 1.81 bits per heavy atom. The Balaban J connectivity index is 1.70. The summed E-state index contributed by atoms with van der Waals surface area (Å²) in [6.45, 7) is 4.65. The number of benzene rings is 3. The first-order chi connectivity index (χ1) is 17.1. The van der Waals surface area contributed by atoms with Crippen molar-refractivity contribution in [2.75, 3.05) is 26.0 Å². The molecule has 1 unspecified atom stereocenters. The van der Waals surface area contributed by atoms with Gasteiger partial charge in [0.15, 0.2) is 11.6 Å². The number of nitrogens with one attached hydrogen (secondary N) is 1. The van der Waals surface area contributed by atoms with Crippen LogP contribution >= 0.6 is 0 Å². The monoisotopic (exact) mass is 493 g/mol. The molecule has 0 fully saturated rings. The smallest absolute Gasteiger partial charge is 0.257 e. The van der Waals surface area contributed by atoms with Gasteiger partial charge in [-0.25, -0.2) is 8.78 Å². The molecular formula is C28H29F2N3O3. The van der Waals surface area contributed by atoms with Crippen molar-refractivity contribution >= 4 is 17.5 Å². The number of carbonyl (C=O) groups is 2. The zero-order valence-electron chi connectivity index (χ0n) is 20.7. The van der Waals surface area contributed by atoms with Gasteiger partial charge in [0.25, 0.3) is 5.91 Å². The average molecular weight is 494 g/mol. The Morgan fingerprint density at radius 1 is 1.03 bits per heavy atom. The third kappa shape index (κ3) is 5.54. The minimum absolute atomic E-state index is 0.0191. The lowest BCUT2D eigenvalue weighted by Crippen LogP contribution is -2.40. The minimum Gasteiger partial charge on any atom is -0.454 e. The molecule has 0 bridgehead atoms. The first-order valence-electron chi connectivity index (χ1n) is 11.7. The molecule has 3 aromatic rings.